The Hall–Kier alpha value is -3.42. The van der Waals surface area contributed by atoms with Gasteiger partial charge in [0.1, 0.15) is 25.3 Å². The Balaban J connectivity index is 1.39. The van der Waals surface area contributed by atoms with Crippen LogP contribution in [0.15, 0.2) is 47.3 Å². The number of amides is 1. The molecule has 0 spiro atoms. The fourth-order valence-corrected chi connectivity index (χ4v) is 4.02. The smallest absolute Gasteiger partial charge is 0.278 e. The summed E-state index contributed by atoms with van der Waals surface area (Å²) in [4.78, 5) is 27.5. The van der Waals surface area contributed by atoms with Crippen LogP contribution in [0.25, 0.3) is 10.9 Å². The number of aromatic nitrogens is 3. The van der Waals surface area contributed by atoms with Crippen molar-refractivity contribution >= 4 is 16.8 Å². The third kappa shape index (κ3) is 3.20. The second kappa shape index (κ2) is 7.20. The van der Waals surface area contributed by atoms with Gasteiger partial charge < -0.3 is 14.4 Å². The number of ether oxygens (including phenoxy) is 2. The lowest BCUT2D eigenvalue weighted by molar-refractivity contribution is -0.133. The molecule has 29 heavy (non-hydrogen) atoms. The van der Waals surface area contributed by atoms with E-state index in [1.165, 1.54) is 0 Å². The fourth-order valence-electron chi connectivity index (χ4n) is 4.02. The molecule has 1 atom stereocenters. The average molecular weight is 392 g/mol. The summed E-state index contributed by atoms with van der Waals surface area (Å²) in [5.41, 5.74) is 1.23. The summed E-state index contributed by atoms with van der Waals surface area (Å²) < 4.78 is 12.4. The number of carbonyl (C=O) groups is 1. The molecule has 1 unspecified atom stereocenters. The van der Waals surface area contributed by atoms with E-state index in [1.807, 2.05) is 23.1 Å². The molecular formula is C21H20N4O4. The van der Waals surface area contributed by atoms with Crippen LogP contribution in [0.5, 0.6) is 11.5 Å². The number of fused-ring (bicyclic) bond motifs is 2. The van der Waals surface area contributed by atoms with Gasteiger partial charge in [0.25, 0.3) is 5.56 Å². The second-order valence-corrected chi connectivity index (χ2v) is 7.22. The molecule has 2 aromatic carbocycles. The zero-order valence-electron chi connectivity index (χ0n) is 15.8. The Morgan fingerprint density at radius 2 is 1.93 bits per heavy atom. The molecule has 1 fully saturated rings. The molecule has 2 aliphatic rings. The van der Waals surface area contributed by atoms with Crippen LogP contribution in [0.3, 0.4) is 0 Å². The molecular weight excluding hydrogens is 372 g/mol. The summed E-state index contributed by atoms with van der Waals surface area (Å²) in [5, 5.41) is 8.46. The van der Waals surface area contributed by atoms with Gasteiger partial charge in [-0.1, -0.05) is 23.4 Å². The molecule has 0 radical (unpaired) electrons. The number of likely N-dealkylation sites (tertiary alicyclic amines) is 1. The van der Waals surface area contributed by atoms with E-state index in [0.717, 1.165) is 28.8 Å². The molecule has 2 aliphatic heterocycles. The molecule has 0 saturated carbocycles. The van der Waals surface area contributed by atoms with Crippen molar-refractivity contribution in [2.45, 2.75) is 25.4 Å². The standard InChI is InChI=1S/C21H20N4O4/c26-20(13-25-21(27)15-4-1-2-5-16(15)22-23-25)24-9-3-6-17(24)14-7-8-18-19(12-14)29-11-10-28-18/h1-2,4-5,7-8,12,17H,3,6,9-11,13H2. The monoisotopic (exact) mass is 392 g/mol. The molecule has 1 amide bonds. The van der Waals surface area contributed by atoms with Crippen molar-refractivity contribution in [3.63, 3.8) is 0 Å². The summed E-state index contributed by atoms with van der Waals surface area (Å²) >= 11 is 0. The second-order valence-electron chi connectivity index (χ2n) is 7.22. The first-order valence-corrected chi connectivity index (χ1v) is 9.72. The third-order valence-corrected chi connectivity index (χ3v) is 5.44. The molecule has 148 valence electrons. The van der Waals surface area contributed by atoms with Gasteiger partial charge in [-0.2, -0.15) is 0 Å². The molecule has 3 heterocycles. The number of hydrogen-bond acceptors (Lipinski definition) is 6. The minimum absolute atomic E-state index is 0.0533. The molecule has 0 aliphatic carbocycles. The number of carbonyl (C=O) groups excluding carboxylic acids is 1. The van der Waals surface area contributed by atoms with Gasteiger partial charge in [-0.15, -0.1) is 5.10 Å². The van der Waals surface area contributed by atoms with Crippen LogP contribution in [0.2, 0.25) is 0 Å². The molecule has 0 bridgehead atoms. The summed E-state index contributed by atoms with van der Waals surface area (Å²) in [6.45, 7) is 1.58. The van der Waals surface area contributed by atoms with E-state index in [9.17, 15) is 9.59 Å². The van der Waals surface area contributed by atoms with Crippen LogP contribution >= 0.6 is 0 Å². The highest BCUT2D eigenvalue weighted by molar-refractivity contribution is 5.79. The average Bonchev–Trinajstić information content (AvgIpc) is 3.26. The van der Waals surface area contributed by atoms with E-state index in [2.05, 4.69) is 10.3 Å². The van der Waals surface area contributed by atoms with Crippen LogP contribution in [-0.2, 0) is 11.3 Å². The van der Waals surface area contributed by atoms with Crippen LogP contribution in [0, 0.1) is 0 Å². The fraction of sp³-hybridized carbons (Fsp3) is 0.333. The van der Waals surface area contributed by atoms with Crippen molar-refractivity contribution < 1.29 is 14.3 Å². The first-order valence-electron chi connectivity index (χ1n) is 9.72. The molecule has 0 N–H and O–H groups in total. The Morgan fingerprint density at radius 1 is 1.10 bits per heavy atom. The number of benzene rings is 2. The van der Waals surface area contributed by atoms with Crippen molar-refractivity contribution in [3.05, 3.63) is 58.4 Å². The first kappa shape index (κ1) is 17.7. The van der Waals surface area contributed by atoms with Gasteiger partial charge in [-0.3, -0.25) is 9.59 Å². The Bertz CT molecular complexity index is 1140. The Labute approximate surface area is 166 Å². The van der Waals surface area contributed by atoms with Gasteiger partial charge >= 0.3 is 0 Å². The molecule has 1 saturated heterocycles. The van der Waals surface area contributed by atoms with E-state index in [0.29, 0.717) is 36.4 Å². The summed E-state index contributed by atoms with van der Waals surface area (Å²) in [7, 11) is 0. The maximum atomic E-state index is 13.0. The van der Waals surface area contributed by atoms with Gasteiger partial charge in [0.15, 0.2) is 11.5 Å². The zero-order valence-corrected chi connectivity index (χ0v) is 15.8. The zero-order chi connectivity index (χ0) is 19.8. The van der Waals surface area contributed by atoms with Crippen molar-refractivity contribution in [3.8, 4) is 11.5 Å². The van der Waals surface area contributed by atoms with E-state index >= 15 is 0 Å². The molecule has 3 aromatic rings. The van der Waals surface area contributed by atoms with Crippen LogP contribution in [0.1, 0.15) is 24.4 Å². The summed E-state index contributed by atoms with van der Waals surface area (Å²) in [5.74, 6) is 1.30. The minimum atomic E-state index is -0.306. The maximum Gasteiger partial charge on any atom is 0.278 e. The van der Waals surface area contributed by atoms with Crippen molar-refractivity contribution in [2.24, 2.45) is 0 Å². The topological polar surface area (TPSA) is 86.5 Å². The van der Waals surface area contributed by atoms with E-state index in [4.69, 9.17) is 9.47 Å². The van der Waals surface area contributed by atoms with Crippen LogP contribution in [-0.4, -0.2) is 45.6 Å². The van der Waals surface area contributed by atoms with Crippen LogP contribution in [0.4, 0.5) is 0 Å². The predicted octanol–water partition coefficient (Wildman–Crippen LogP) is 1.93. The third-order valence-electron chi connectivity index (χ3n) is 5.44. The highest BCUT2D eigenvalue weighted by Crippen LogP contribution is 2.38. The summed E-state index contributed by atoms with van der Waals surface area (Å²) in [6.07, 6.45) is 1.77. The van der Waals surface area contributed by atoms with Gasteiger partial charge in [-0.25, -0.2) is 4.68 Å². The summed E-state index contributed by atoms with van der Waals surface area (Å²) in [6, 6.07) is 12.8. The lowest BCUT2D eigenvalue weighted by Gasteiger charge is -2.26. The lowest BCUT2D eigenvalue weighted by Crippen LogP contribution is -2.37. The highest BCUT2D eigenvalue weighted by atomic mass is 16.6. The lowest BCUT2D eigenvalue weighted by atomic mass is 10.0. The number of rotatable bonds is 3. The first-order chi connectivity index (χ1) is 14.2. The number of hydrogen-bond donors (Lipinski definition) is 0. The van der Waals surface area contributed by atoms with Crippen molar-refractivity contribution in [2.75, 3.05) is 19.8 Å². The molecule has 5 rings (SSSR count). The van der Waals surface area contributed by atoms with Gasteiger partial charge in [0.2, 0.25) is 5.91 Å². The quantitative estimate of drug-likeness (QED) is 0.677. The van der Waals surface area contributed by atoms with E-state index < -0.39 is 0 Å². The molecule has 8 heteroatoms. The van der Waals surface area contributed by atoms with Crippen LogP contribution < -0.4 is 15.0 Å². The molecule has 8 nitrogen and oxygen atoms in total. The number of nitrogens with zero attached hydrogens (tertiary/aromatic N) is 4. The normalized spacial score (nSPS) is 18.2. The van der Waals surface area contributed by atoms with Crippen molar-refractivity contribution in [1.29, 1.82) is 0 Å². The van der Waals surface area contributed by atoms with Gasteiger partial charge in [-0.05, 0) is 42.7 Å². The van der Waals surface area contributed by atoms with E-state index in [-0.39, 0.29) is 24.1 Å². The SMILES string of the molecule is O=C(Cn1nnc2ccccc2c1=O)N1CCCC1c1ccc2c(c1)OCCO2. The largest absolute Gasteiger partial charge is 0.486 e. The maximum absolute atomic E-state index is 13.0. The van der Waals surface area contributed by atoms with E-state index in [1.54, 1.807) is 24.3 Å². The van der Waals surface area contributed by atoms with Gasteiger partial charge in [0, 0.05) is 6.54 Å². The van der Waals surface area contributed by atoms with Gasteiger partial charge in [0.05, 0.1) is 11.4 Å². The molecule has 1 aromatic heterocycles. The highest BCUT2D eigenvalue weighted by Gasteiger charge is 2.31. The predicted molar refractivity (Wildman–Crippen MR) is 105 cm³/mol. The van der Waals surface area contributed by atoms with Crippen molar-refractivity contribution in [1.82, 2.24) is 19.9 Å². The Kier molecular flexibility index (Phi) is 4.38. The Morgan fingerprint density at radius 3 is 2.83 bits per heavy atom. The minimum Gasteiger partial charge on any atom is -0.486 e.